The molecule has 0 radical (unpaired) electrons. The molecule has 2 nitrogen and oxygen atoms in total. The second kappa shape index (κ2) is 7.68. The highest BCUT2D eigenvalue weighted by Crippen LogP contribution is 2.26. The number of rotatable bonds is 7. The van der Waals surface area contributed by atoms with Crippen molar-refractivity contribution in [3.63, 3.8) is 0 Å². The summed E-state index contributed by atoms with van der Waals surface area (Å²) >= 11 is 0. The Labute approximate surface area is 123 Å². The average Bonchev–Trinajstić information content (AvgIpc) is 2.43. The van der Waals surface area contributed by atoms with Crippen LogP contribution in [0.4, 0.5) is 0 Å². The molecule has 0 fully saturated rings. The van der Waals surface area contributed by atoms with Crippen molar-refractivity contribution < 1.29 is 4.74 Å². The lowest BCUT2D eigenvalue weighted by Gasteiger charge is -2.19. The summed E-state index contributed by atoms with van der Waals surface area (Å²) in [5, 5.41) is 3.45. The van der Waals surface area contributed by atoms with E-state index in [-0.39, 0.29) is 0 Å². The van der Waals surface area contributed by atoms with Crippen LogP contribution >= 0.6 is 0 Å². The fraction of sp³-hybridized carbons (Fsp3) is 0.667. The average molecular weight is 275 g/mol. The van der Waals surface area contributed by atoms with Crippen molar-refractivity contribution in [1.29, 1.82) is 0 Å². The first-order valence-corrected chi connectivity index (χ1v) is 8.17. The molecule has 0 amide bonds. The van der Waals surface area contributed by atoms with Crippen molar-refractivity contribution in [2.24, 2.45) is 0 Å². The van der Waals surface area contributed by atoms with Gasteiger partial charge in [0.05, 0.1) is 6.10 Å². The van der Waals surface area contributed by atoms with E-state index in [2.05, 4.69) is 44.3 Å². The number of benzene rings is 1. The number of aryl methyl sites for hydroxylation is 2. The van der Waals surface area contributed by atoms with Gasteiger partial charge in [-0.1, -0.05) is 19.9 Å². The monoisotopic (exact) mass is 275 g/mol. The topological polar surface area (TPSA) is 21.3 Å². The molecule has 0 saturated carbocycles. The Balaban J connectivity index is 1.77. The number of nitrogens with one attached hydrogen (secondary N) is 1. The fourth-order valence-electron chi connectivity index (χ4n) is 2.85. The smallest absolute Gasteiger partial charge is 0.119 e. The van der Waals surface area contributed by atoms with Crippen LogP contribution in [0.5, 0.6) is 5.75 Å². The van der Waals surface area contributed by atoms with Gasteiger partial charge in [0.2, 0.25) is 0 Å². The predicted molar refractivity (Wildman–Crippen MR) is 85.5 cm³/mol. The zero-order valence-electron chi connectivity index (χ0n) is 13.2. The van der Waals surface area contributed by atoms with E-state index >= 15 is 0 Å². The van der Waals surface area contributed by atoms with Crippen molar-refractivity contribution in [2.45, 2.75) is 71.4 Å². The molecule has 1 aliphatic carbocycles. The lowest BCUT2D eigenvalue weighted by molar-refractivity contribution is 0.207. The van der Waals surface area contributed by atoms with Crippen LogP contribution in [0.1, 0.15) is 57.6 Å². The van der Waals surface area contributed by atoms with Gasteiger partial charge in [0.25, 0.3) is 0 Å². The van der Waals surface area contributed by atoms with E-state index in [0.717, 1.165) is 18.7 Å². The third-order valence-electron chi connectivity index (χ3n) is 4.00. The summed E-state index contributed by atoms with van der Waals surface area (Å²) in [6, 6.07) is 7.24. The minimum absolute atomic E-state index is 0.297. The Morgan fingerprint density at radius 2 is 1.85 bits per heavy atom. The van der Waals surface area contributed by atoms with Crippen LogP contribution in [0.2, 0.25) is 0 Å². The lowest BCUT2D eigenvalue weighted by Crippen LogP contribution is -2.25. The molecule has 1 N–H and O–H groups in total. The maximum absolute atomic E-state index is 6.06. The van der Waals surface area contributed by atoms with E-state index in [4.69, 9.17) is 4.74 Å². The summed E-state index contributed by atoms with van der Waals surface area (Å²) < 4.78 is 6.06. The summed E-state index contributed by atoms with van der Waals surface area (Å²) in [5.74, 6) is 1.05. The minimum Gasteiger partial charge on any atom is -0.491 e. The largest absolute Gasteiger partial charge is 0.491 e. The van der Waals surface area contributed by atoms with Gasteiger partial charge in [-0.2, -0.15) is 0 Å². The summed E-state index contributed by atoms with van der Waals surface area (Å²) in [7, 11) is 0. The van der Waals surface area contributed by atoms with Crippen LogP contribution in [0.15, 0.2) is 18.2 Å². The molecule has 0 spiro atoms. The molecule has 0 saturated heterocycles. The molecule has 2 heteroatoms. The van der Waals surface area contributed by atoms with Crippen LogP contribution in [0, 0.1) is 0 Å². The molecule has 1 atom stereocenters. The number of ether oxygens (including phenoxy) is 1. The number of fused-ring (bicyclic) bond motifs is 1. The zero-order valence-corrected chi connectivity index (χ0v) is 13.2. The molecule has 1 aromatic carbocycles. The Morgan fingerprint density at radius 1 is 1.10 bits per heavy atom. The standard InChI is InChI=1S/C18H29NO/c1-14(2)19-12-6-7-15(3)20-18-11-10-16-8-4-5-9-17(16)13-18/h10-11,13-15,19H,4-9,12H2,1-3H3. The van der Waals surface area contributed by atoms with E-state index in [1.54, 1.807) is 0 Å². The molecular weight excluding hydrogens is 246 g/mol. The Kier molecular flexibility index (Phi) is 5.90. The van der Waals surface area contributed by atoms with Gasteiger partial charge in [-0.25, -0.2) is 0 Å². The summed E-state index contributed by atoms with van der Waals surface area (Å²) in [6.45, 7) is 7.63. The summed E-state index contributed by atoms with van der Waals surface area (Å²) in [5.41, 5.74) is 3.03. The van der Waals surface area contributed by atoms with Crippen LogP contribution in [-0.4, -0.2) is 18.7 Å². The molecule has 112 valence electrons. The second-order valence-electron chi connectivity index (χ2n) is 6.32. The van der Waals surface area contributed by atoms with Gasteiger partial charge in [-0.05, 0) is 75.3 Å². The van der Waals surface area contributed by atoms with Gasteiger partial charge in [0.1, 0.15) is 5.75 Å². The van der Waals surface area contributed by atoms with E-state index < -0.39 is 0 Å². The molecule has 0 aliphatic heterocycles. The summed E-state index contributed by atoms with van der Waals surface area (Å²) in [4.78, 5) is 0. The van der Waals surface area contributed by atoms with E-state index in [9.17, 15) is 0 Å². The lowest BCUT2D eigenvalue weighted by atomic mass is 9.92. The molecular formula is C18H29NO. The van der Waals surface area contributed by atoms with Crippen molar-refractivity contribution in [3.8, 4) is 5.75 Å². The molecule has 2 rings (SSSR count). The van der Waals surface area contributed by atoms with Crippen LogP contribution in [0.25, 0.3) is 0 Å². The normalized spacial score (nSPS) is 16.0. The van der Waals surface area contributed by atoms with Gasteiger partial charge >= 0.3 is 0 Å². The third-order valence-corrected chi connectivity index (χ3v) is 4.00. The second-order valence-corrected chi connectivity index (χ2v) is 6.32. The molecule has 0 aromatic heterocycles. The van der Waals surface area contributed by atoms with E-state index in [1.165, 1.54) is 43.2 Å². The molecule has 1 unspecified atom stereocenters. The van der Waals surface area contributed by atoms with Gasteiger partial charge in [0.15, 0.2) is 0 Å². The van der Waals surface area contributed by atoms with E-state index in [0.29, 0.717) is 12.1 Å². The third kappa shape index (κ3) is 4.82. The van der Waals surface area contributed by atoms with Gasteiger partial charge in [-0.15, -0.1) is 0 Å². The first kappa shape index (κ1) is 15.4. The number of hydrogen-bond acceptors (Lipinski definition) is 2. The van der Waals surface area contributed by atoms with Gasteiger partial charge < -0.3 is 10.1 Å². The van der Waals surface area contributed by atoms with Crippen LogP contribution in [0.3, 0.4) is 0 Å². The highest BCUT2D eigenvalue weighted by Gasteiger charge is 2.11. The molecule has 0 heterocycles. The maximum Gasteiger partial charge on any atom is 0.119 e. The minimum atomic E-state index is 0.297. The van der Waals surface area contributed by atoms with E-state index in [1.807, 2.05) is 0 Å². The highest BCUT2D eigenvalue weighted by atomic mass is 16.5. The Hall–Kier alpha value is -1.02. The number of hydrogen-bond donors (Lipinski definition) is 1. The van der Waals surface area contributed by atoms with Crippen LogP contribution < -0.4 is 10.1 Å². The fourth-order valence-corrected chi connectivity index (χ4v) is 2.85. The van der Waals surface area contributed by atoms with Crippen molar-refractivity contribution >= 4 is 0 Å². The van der Waals surface area contributed by atoms with Gasteiger partial charge in [-0.3, -0.25) is 0 Å². The SMILES string of the molecule is CC(C)NCCCC(C)Oc1ccc2c(c1)CCCC2. The zero-order chi connectivity index (χ0) is 14.4. The predicted octanol–water partition coefficient (Wildman–Crippen LogP) is 4.11. The van der Waals surface area contributed by atoms with Crippen molar-refractivity contribution in [1.82, 2.24) is 5.32 Å². The summed E-state index contributed by atoms with van der Waals surface area (Å²) in [6.07, 6.45) is 7.71. The van der Waals surface area contributed by atoms with Crippen molar-refractivity contribution in [3.05, 3.63) is 29.3 Å². The van der Waals surface area contributed by atoms with Gasteiger partial charge in [0, 0.05) is 6.04 Å². The first-order chi connectivity index (χ1) is 9.65. The first-order valence-electron chi connectivity index (χ1n) is 8.17. The van der Waals surface area contributed by atoms with Crippen LogP contribution in [-0.2, 0) is 12.8 Å². The molecule has 1 aliphatic rings. The van der Waals surface area contributed by atoms with Crippen molar-refractivity contribution in [2.75, 3.05) is 6.54 Å². The Bertz CT molecular complexity index is 414. The highest BCUT2D eigenvalue weighted by molar-refractivity contribution is 5.37. The molecule has 0 bridgehead atoms. The maximum atomic E-state index is 6.06. The quantitative estimate of drug-likeness (QED) is 0.756. The molecule has 1 aromatic rings. The Morgan fingerprint density at radius 3 is 2.60 bits per heavy atom. The molecule has 20 heavy (non-hydrogen) atoms.